The summed E-state index contributed by atoms with van der Waals surface area (Å²) < 4.78 is 11.9. The summed E-state index contributed by atoms with van der Waals surface area (Å²) in [6.07, 6.45) is 5.25. The van der Waals surface area contributed by atoms with E-state index in [1.807, 2.05) is 39.8 Å². The maximum Gasteiger partial charge on any atom is 0.303 e. The van der Waals surface area contributed by atoms with Crippen molar-refractivity contribution in [3.63, 3.8) is 0 Å². The molecule has 40 heavy (non-hydrogen) atoms. The van der Waals surface area contributed by atoms with Gasteiger partial charge in [-0.3, -0.25) is 14.4 Å². The van der Waals surface area contributed by atoms with Crippen molar-refractivity contribution in [2.45, 2.75) is 123 Å². The molecule has 3 N–H and O–H groups in total. The molecule has 0 aromatic heterocycles. The minimum atomic E-state index is -1.33. The molecule has 4 unspecified atom stereocenters. The van der Waals surface area contributed by atoms with Crippen LogP contribution in [0.2, 0.25) is 0 Å². The topological polar surface area (TPSA) is 130 Å². The van der Waals surface area contributed by atoms with Crippen LogP contribution in [0.15, 0.2) is 24.3 Å². The third-order valence-corrected chi connectivity index (χ3v) is 11.2. The van der Waals surface area contributed by atoms with Gasteiger partial charge in [0.25, 0.3) is 0 Å². The summed E-state index contributed by atoms with van der Waals surface area (Å²) in [6.45, 7) is 16.1. The number of carbonyl (C=O) groups is 3. The van der Waals surface area contributed by atoms with E-state index in [0.717, 1.165) is 0 Å². The fourth-order valence-electron chi connectivity index (χ4n) is 8.85. The minimum absolute atomic E-state index is 0.00229. The van der Waals surface area contributed by atoms with Crippen LogP contribution >= 0.6 is 0 Å². The van der Waals surface area contributed by atoms with E-state index in [1.165, 1.54) is 19.1 Å². The van der Waals surface area contributed by atoms with E-state index in [1.54, 1.807) is 20.8 Å². The lowest BCUT2D eigenvalue weighted by molar-refractivity contribution is -0.345. The molecule has 1 saturated heterocycles. The van der Waals surface area contributed by atoms with Crippen LogP contribution in [0.4, 0.5) is 0 Å². The van der Waals surface area contributed by atoms with Crippen LogP contribution in [0, 0.1) is 34.0 Å². The average molecular weight is 561 g/mol. The Morgan fingerprint density at radius 3 is 2.33 bits per heavy atom. The van der Waals surface area contributed by atoms with E-state index in [2.05, 4.69) is 6.92 Å². The largest absolute Gasteiger partial charge is 0.456 e. The highest BCUT2D eigenvalue weighted by atomic mass is 16.6. The molecule has 10 atom stereocenters. The number of ketones is 2. The Morgan fingerprint density at radius 1 is 1.10 bits per heavy atom. The Labute approximate surface area is 238 Å². The van der Waals surface area contributed by atoms with E-state index in [4.69, 9.17) is 9.47 Å². The summed E-state index contributed by atoms with van der Waals surface area (Å²) in [5.74, 6) is -1.84. The molecule has 0 aromatic rings. The molecule has 8 heteroatoms. The monoisotopic (exact) mass is 560 g/mol. The van der Waals surface area contributed by atoms with Crippen molar-refractivity contribution in [1.29, 1.82) is 0 Å². The molecular formula is C32H48O8. The predicted molar refractivity (Wildman–Crippen MR) is 149 cm³/mol. The predicted octanol–water partition coefficient (Wildman–Crippen LogP) is 3.70. The van der Waals surface area contributed by atoms with Crippen LogP contribution in [0.1, 0.15) is 88.0 Å². The van der Waals surface area contributed by atoms with Gasteiger partial charge in [0.05, 0.1) is 29.8 Å². The van der Waals surface area contributed by atoms with E-state index < -0.39 is 63.2 Å². The second kappa shape index (κ2) is 9.58. The summed E-state index contributed by atoms with van der Waals surface area (Å²) in [5.41, 5.74) is -5.42. The van der Waals surface area contributed by atoms with Gasteiger partial charge in [-0.15, -0.1) is 0 Å². The van der Waals surface area contributed by atoms with Crippen molar-refractivity contribution >= 4 is 17.5 Å². The molecule has 4 rings (SSSR count). The van der Waals surface area contributed by atoms with Crippen LogP contribution in [0.5, 0.6) is 0 Å². The van der Waals surface area contributed by atoms with Gasteiger partial charge in [0.1, 0.15) is 17.0 Å². The first-order valence-corrected chi connectivity index (χ1v) is 14.6. The zero-order chi connectivity index (χ0) is 30.3. The van der Waals surface area contributed by atoms with Crippen molar-refractivity contribution < 1.29 is 39.2 Å². The van der Waals surface area contributed by atoms with Crippen molar-refractivity contribution in [3.8, 4) is 0 Å². The van der Waals surface area contributed by atoms with Crippen molar-refractivity contribution in [1.82, 2.24) is 0 Å². The maximum absolute atomic E-state index is 14.2. The molecule has 0 aromatic carbocycles. The number of hydrogen-bond acceptors (Lipinski definition) is 8. The quantitative estimate of drug-likeness (QED) is 0.270. The fourth-order valence-corrected chi connectivity index (χ4v) is 8.85. The summed E-state index contributed by atoms with van der Waals surface area (Å²) in [4.78, 5) is 39.2. The molecule has 8 nitrogen and oxygen atoms in total. The number of aliphatic hydroxyl groups is 3. The van der Waals surface area contributed by atoms with Crippen LogP contribution in [0.25, 0.3) is 0 Å². The molecule has 2 saturated carbocycles. The van der Waals surface area contributed by atoms with Gasteiger partial charge in [-0.2, -0.15) is 0 Å². The van der Waals surface area contributed by atoms with E-state index >= 15 is 0 Å². The summed E-state index contributed by atoms with van der Waals surface area (Å²) in [7, 11) is 0. The smallest absolute Gasteiger partial charge is 0.303 e. The van der Waals surface area contributed by atoms with Crippen LogP contribution in [0.3, 0.4) is 0 Å². The normalized spacial score (nSPS) is 47.5. The number of aliphatic hydroxyl groups excluding tert-OH is 3. The number of carbonyl (C=O) groups excluding carboxylic acids is 3. The van der Waals surface area contributed by atoms with Gasteiger partial charge >= 0.3 is 5.97 Å². The van der Waals surface area contributed by atoms with Gasteiger partial charge in [-0.05, 0) is 64.0 Å². The molecule has 3 aliphatic carbocycles. The number of fused-ring (bicyclic) bond motifs is 2. The number of rotatable bonds is 4. The van der Waals surface area contributed by atoms with Crippen molar-refractivity contribution in [3.05, 3.63) is 24.3 Å². The average Bonchev–Trinajstić information content (AvgIpc) is 2.99. The molecule has 0 amide bonds. The molecule has 3 fully saturated rings. The Morgan fingerprint density at radius 2 is 1.73 bits per heavy atom. The first-order chi connectivity index (χ1) is 18.2. The molecule has 0 bridgehead atoms. The molecule has 1 spiro atoms. The second-order valence-electron chi connectivity index (χ2n) is 14.7. The Balaban J connectivity index is 1.73. The first kappa shape index (κ1) is 31.1. The van der Waals surface area contributed by atoms with Gasteiger partial charge in [0.15, 0.2) is 5.78 Å². The molecule has 1 heterocycles. The first-order valence-electron chi connectivity index (χ1n) is 14.6. The highest BCUT2D eigenvalue weighted by molar-refractivity contribution is 5.99. The lowest BCUT2D eigenvalue weighted by Gasteiger charge is -2.68. The van der Waals surface area contributed by atoms with Crippen LogP contribution in [-0.2, 0) is 23.9 Å². The third-order valence-electron chi connectivity index (χ3n) is 11.2. The molecule has 4 aliphatic rings. The lowest BCUT2D eigenvalue weighted by Crippen LogP contribution is -2.78. The van der Waals surface area contributed by atoms with Crippen molar-refractivity contribution in [2.75, 3.05) is 0 Å². The Bertz CT molecular complexity index is 1140. The SMILES string of the molecule is CC(=O)OC(C)(C)/C=C/C(=O)C1(C)O[C@@]23CC(=O)[C@@]4(C)C(C)CC(O)[C@@H](O)C(C)(C)/C=C/CC4[C@@]2(C)C[C@H](O)[C@@H]13. The van der Waals surface area contributed by atoms with Gasteiger partial charge < -0.3 is 24.8 Å². The van der Waals surface area contributed by atoms with Crippen molar-refractivity contribution in [2.24, 2.45) is 34.0 Å². The fraction of sp³-hybridized carbons (Fsp3) is 0.781. The zero-order valence-electron chi connectivity index (χ0n) is 25.5. The second-order valence-corrected chi connectivity index (χ2v) is 14.7. The number of esters is 1. The third kappa shape index (κ3) is 4.36. The Hall–Kier alpha value is -1.87. The number of allylic oxidation sites excluding steroid dienone is 1. The number of ether oxygens (including phenoxy) is 2. The number of Topliss-reactive ketones (excluding diaryl/α,β-unsaturated/α-hetero) is 1. The lowest BCUT2D eigenvalue weighted by atomic mass is 9.43. The Kier molecular flexibility index (Phi) is 7.44. The van der Waals surface area contributed by atoms with E-state index in [0.29, 0.717) is 12.8 Å². The molecule has 0 radical (unpaired) electrons. The number of hydrogen-bond donors (Lipinski definition) is 3. The molecular weight excluding hydrogens is 512 g/mol. The van der Waals surface area contributed by atoms with Gasteiger partial charge in [-0.1, -0.05) is 46.8 Å². The highest BCUT2D eigenvalue weighted by Crippen LogP contribution is 2.74. The summed E-state index contributed by atoms with van der Waals surface area (Å²) in [5, 5.41) is 33.3. The highest BCUT2D eigenvalue weighted by Gasteiger charge is 2.82. The zero-order valence-corrected chi connectivity index (χ0v) is 25.5. The van der Waals surface area contributed by atoms with Gasteiger partial charge in [0, 0.05) is 29.6 Å². The molecule has 224 valence electrons. The minimum Gasteiger partial charge on any atom is -0.456 e. The van der Waals surface area contributed by atoms with Gasteiger partial charge in [0.2, 0.25) is 0 Å². The van der Waals surface area contributed by atoms with Gasteiger partial charge in [-0.25, -0.2) is 0 Å². The molecule has 1 aliphatic heterocycles. The standard InChI is InChI=1S/C32H48O8/c1-18-15-20(34)26(38)27(3,4)13-10-11-22-29(7)16-21(35)25-31(9,23(36)12-14-28(5,6)39-19(2)33)40-32(25,29)17-24(37)30(18,22)8/h10,12-14,18,20-22,25-26,34-35,38H,11,15-17H2,1-9H3/b13-10+,14-12+/t18?,20?,21-,22?,25-,26+,29+,30-,31?,32+/m0/s1. The summed E-state index contributed by atoms with van der Waals surface area (Å²) >= 11 is 0. The summed E-state index contributed by atoms with van der Waals surface area (Å²) in [6, 6.07) is 0. The van der Waals surface area contributed by atoms with Crippen LogP contribution in [-0.4, -0.2) is 68.0 Å². The maximum atomic E-state index is 14.2. The van der Waals surface area contributed by atoms with E-state index in [9.17, 15) is 29.7 Å². The van der Waals surface area contributed by atoms with Crippen LogP contribution < -0.4 is 0 Å². The van der Waals surface area contributed by atoms with E-state index in [-0.39, 0.29) is 36.2 Å².